The molecule has 4 nitrogen and oxygen atoms in total. The van der Waals surface area contributed by atoms with Gasteiger partial charge >= 0.3 is 0 Å². The first-order chi connectivity index (χ1) is 10.1. The quantitative estimate of drug-likeness (QED) is 0.736. The number of nitrogens with one attached hydrogen (secondary N) is 2. The van der Waals surface area contributed by atoms with Gasteiger partial charge in [0.1, 0.15) is 0 Å². The average molecular weight is 283 g/mol. The van der Waals surface area contributed by atoms with Crippen molar-refractivity contribution >= 4 is 23.0 Å². The lowest BCUT2D eigenvalue weighted by Gasteiger charge is -2.11. The van der Waals surface area contributed by atoms with Gasteiger partial charge in [0.15, 0.2) is 0 Å². The summed E-state index contributed by atoms with van der Waals surface area (Å²) < 4.78 is 0. The molecule has 4 N–H and O–H groups in total. The Morgan fingerprint density at radius 2 is 2.00 bits per heavy atom. The molecule has 2 rings (SSSR count). The topological polar surface area (TPSA) is 67.2 Å². The summed E-state index contributed by atoms with van der Waals surface area (Å²) in [6.07, 6.45) is 0.911. The average Bonchev–Trinajstić information content (AvgIpc) is 2.47. The fourth-order valence-corrected chi connectivity index (χ4v) is 2.04. The normalized spacial score (nSPS) is 10.2. The Bertz CT molecular complexity index is 638. The van der Waals surface area contributed by atoms with Gasteiger partial charge in [-0.3, -0.25) is 4.79 Å². The minimum atomic E-state index is -0.0920. The third-order valence-electron chi connectivity index (χ3n) is 3.15. The predicted octanol–water partition coefficient (Wildman–Crippen LogP) is 3.46. The van der Waals surface area contributed by atoms with Crippen molar-refractivity contribution in [3.05, 3.63) is 53.6 Å². The molecule has 0 aliphatic carbocycles. The molecule has 2 aromatic rings. The number of anilines is 3. The third-order valence-corrected chi connectivity index (χ3v) is 3.15. The zero-order chi connectivity index (χ0) is 15.2. The second kappa shape index (κ2) is 6.79. The molecule has 21 heavy (non-hydrogen) atoms. The maximum absolute atomic E-state index is 11.9. The molecule has 0 spiro atoms. The summed E-state index contributed by atoms with van der Waals surface area (Å²) in [5.74, 6) is -0.0920. The standard InChI is InChI=1S/C17H21N3O/c1-3-9-19-17(21)13-7-8-16(15(18)11-13)20-14-6-4-5-12(2)10-14/h4-8,10-11,20H,3,9,18H2,1-2H3,(H,19,21). The summed E-state index contributed by atoms with van der Waals surface area (Å²) >= 11 is 0. The van der Waals surface area contributed by atoms with Crippen LogP contribution in [0.15, 0.2) is 42.5 Å². The van der Waals surface area contributed by atoms with Gasteiger partial charge in [0, 0.05) is 17.8 Å². The first-order valence-corrected chi connectivity index (χ1v) is 7.11. The minimum Gasteiger partial charge on any atom is -0.397 e. The number of carbonyl (C=O) groups is 1. The molecule has 0 aromatic heterocycles. The highest BCUT2D eigenvalue weighted by Crippen LogP contribution is 2.24. The number of carbonyl (C=O) groups excluding carboxylic acids is 1. The molecular weight excluding hydrogens is 262 g/mol. The molecule has 0 unspecified atom stereocenters. The van der Waals surface area contributed by atoms with Crippen molar-refractivity contribution in [1.29, 1.82) is 0 Å². The van der Waals surface area contributed by atoms with Gasteiger partial charge < -0.3 is 16.4 Å². The largest absolute Gasteiger partial charge is 0.397 e. The molecule has 0 fully saturated rings. The zero-order valence-electron chi connectivity index (χ0n) is 12.4. The van der Waals surface area contributed by atoms with Crippen LogP contribution in [0, 0.1) is 6.92 Å². The SMILES string of the molecule is CCCNC(=O)c1ccc(Nc2cccc(C)c2)c(N)c1. The minimum absolute atomic E-state index is 0.0920. The van der Waals surface area contributed by atoms with Crippen molar-refractivity contribution in [1.82, 2.24) is 5.32 Å². The molecule has 1 amide bonds. The summed E-state index contributed by atoms with van der Waals surface area (Å²) in [7, 11) is 0. The molecule has 110 valence electrons. The summed E-state index contributed by atoms with van der Waals surface area (Å²) in [6.45, 7) is 4.72. The Morgan fingerprint density at radius 3 is 2.67 bits per heavy atom. The number of rotatable bonds is 5. The van der Waals surface area contributed by atoms with E-state index in [0.29, 0.717) is 17.8 Å². The van der Waals surface area contributed by atoms with Crippen molar-refractivity contribution in [3.63, 3.8) is 0 Å². The number of hydrogen-bond donors (Lipinski definition) is 3. The van der Waals surface area contributed by atoms with Crippen LogP contribution in [0.25, 0.3) is 0 Å². The Balaban J connectivity index is 2.14. The van der Waals surface area contributed by atoms with Crippen LogP contribution in [0.2, 0.25) is 0 Å². The Labute approximate surface area is 125 Å². The van der Waals surface area contributed by atoms with E-state index in [1.54, 1.807) is 12.1 Å². The van der Waals surface area contributed by atoms with Crippen LogP contribution in [0.3, 0.4) is 0 Å². The molecule has 0 aliphatic rings. The first kappa shape index (κ1) is 14.9. The molecule has 0 saturated carbocycles. The van der Waals surface area contributed by atoms with Crippen LogP contribution in [0.5, 0.6) is 0 Å². The van der Waals surface area contributed by atoms with Gasteiger partial charge in [0.2, 0.25) is 0 Å². The second-order valence-corrected chi connectivity index (χ2v) is 5.05. The molecule has 4 heteroatoms. The van der Waals surface area contributed by atoms with E-state index >= 15 is 0 Å². The summed E-state index contributed by atoms with van der Waals surface area (Å²) in [5, 5.41) is 6.10. The number of nitrogen functional groups attached to an aromatic ring is 1. The number of hydrogen-bond acceptors (Lipinski definition) is 3. The molecule has 0 radical (unpaired) electrons. The number of aryl methyl sites for hydroxylation is 1. The Hall–Kier alpha value is -2.49. The fraction of sp³-hybridized carbons (Fsp3) is 0.235. The highest BCUT2D eigenvalue weighted by Gasteiger charge is 2.07. The van der Waals surface area contributed by atoms with Gasteiger partial charge in [-0.05, 0) is 49.2 Å². The van der Waals surface area contributed by atoms with Crippen molar-refractivity contribution in [2.45, 2.75) is 20.3 Å². The van der Waals surface area contributed by atoms with Crippen LogP contribution in [-0.4, -0.2) is 12.5 Å². The molecule has 0 atom stereocenters. The van der Waals surface area contributed by atoms with Crippen molar-refractivity contribution in [2.24, 2.45) is 0 Å². The Morgan fingerprint density at radius 1 is 1.19 bits per heavy atom. The predicted molar refractivity (Wildman–Crippen MR) is 87.9 cm³/mol. The van der Waals surface area contributed by atoms with Crippen LogP contribution in [0.4, 0.5) is 17.1 Å². The lowest BCUT2D eigenvalue weighted by Crippen LogP contribution is -2.24. The van der Waals surface area contributed by atoms with E-state index in [9.17, 15) is 4.79 Å². The smallest absolute Gasteiger partial charge is 0.251 e. The number of benzene rings is 2. The lowest BCUT2D eigenvalue weighted by atomic mass is 10.1. The van der Waals surface area contributed by atoms with E-state index in [1.165, 1.54) is 5.56 Å². The van der Waals surface area contributed by atoms with E-state index < -0.39 is 0 Å². The molecule has 2 aromatic carbocycles. The van der Waals surface area contributed by atoms with E-state index in [0.717, 1.165) is 17.8 Å². The molecule has 0 aliphatic heterocycles. The maximum Gasteiger partial charge on any atom is 0.251 e. The highest BCUT2D eigenvalue weighted by atomic mass is 16.1. The van der Waals surface area contributed by atoms with Crippen molar-refractivity contribution in [3.8, 4) is 0 Å². The zero-order valence-corrected chi connectivity index (χ0v) is 12.4. The van der Waals surface area contributed by atoms with Gasteiger partial charge in [-0.2, -0.15) is 0 Å². The summed E-state index contributed by atoms with van der Waals surface area (Å²) in [6, 6.07) is 13.4. The van der Waals surface area contributed by atoms with Gasteiger partial charge in [-0.1, -0.05) is 19.1 Å². The van der Waals surface area contributed by atoms with Crippen LogP contribution in [0.1, 0.15) is 29.3 Å². The third kappa shape index (κ3) is 3.99. The van der Waals surface area contributed by atoms with Gasteiger partial charge in [-0.25, -0.2) is 0 Å². The van der Waals surface area contributed by atoms with Gasteiger partial charge in [0.05, 0.1) is 11.4 Å². The molecular formula is C17H21N3O. The number of nitrogens with two attached hydrogens (primary N) is 1. The van der Waals surface area contributed by atoms with Crippen molar-refractivity contribution < 1.29 is 4.79 Å². The van der Waals surface area contributed by atoms with Crippen LogP contribution >= 0.6 is 0 Å². The Kier molecular flexibility index (Phi) is 4.82. The second-order valence-electron chi connectivity index (χ2n) is 5.05. The van der Waals surface area contributed by atoms with Crippen LogP contribution < -0.4 is 16.4 Å². The fourth-order valence-electron chi connectivity index (χ4n) is 2.04. The van der Waals surface area contributed by atoms with Gasteiger partial charge in [-0.15, -0.1) is 0 Å². The van der Waals surface area contributed by atoms with Gasteiger partial charge in [0.25, 0.3) is 5.91 Å². The van der Waals surface area contributed by atoms with E-state index in [2.05, 4.69) is 10.6 Å². The monoisotopic (exact) mass is 283 g/mol. The van der Waals surface area contributed by atoms with E-state index in [-0.39, 0.29) is 5.91 Å². The molecule has 0 heterocycles. The summed E-state index contributed by atoms with van der Waals surface area (Å²) in [4.78, 5) is 11.9. The number of amides is 1. The first-order valence-electron chi connectivity index (χ1n) is 7.11. The summed E-state index contributed by atoms with van der Waals surface area (Å²) in [5.41, 5.74) is 10.1. The van der Waals surface area contributed by atoms with Crippen molar-refractivity contribution in [2.75, 3.05) is 17.6 Å². The maximum atomic E-state index is 11.9. The van der Waals surface area contributed by atoms with E-state index in [1.807, 2.05) is 44.2 Å². The molecule has 0 bridgehead atoms. The lowest BCUT2D eigenvalue weighted by molar-refractivity contribution is 0.0953. The van der Waals surface area contributed by atoms with Crippen LogP contribution in [-0.2, 0) is 0 Å². The molecule has 0 saturated heterocycles. The highest BCUT2D eigenvalue weighted by molar-refractivity contribution is 5.96. The van der Waals surface area contributed by atoms with E-state index in [4.69, 9.17) is 5.73 Å².